The van der Waals surface area contributed by atoms with Crippen LogP contribution in [0.2, 0.25) is 5.02 Å². The van der Waals surface area contributed by atoms with Crippen LogP contribution in [-0.2, 0) is 4.74 Å². The maximum atomic E-state index is 12.6. The number of halogens is 1. The van der Waals surface area contributed by atoms with E-state index in [-0.39, 0.29) is 5.97 Å². The summed E-state index contributed by atoms with van der Waals surface area (Å²) in [5, 5.41) is 1.39. The van der Waals surface area contributed by atoms with E-state index in [9.17, 15) is 4.79 Å². The molecule has 2 aromatic carbocycles. The van der Waals surface area contributed by atoms with Gasteiger partial charge in [-0.2, -0.15) is 0 Å². The van der Waals surface area contributed by atoms with E-state index < -0.39 is 5.60 Å². The van der Waals surface area contributed by atoms with Crippen LogP contribution in [0.4, 0.5) is 0 Å². The molecular weight excluding hydrogens is 422 g/mol. The maximum Gasteiger partial charge on any atom is 0.340 e. The summed E-state index contributed by atoms with van der Waals surface area (Å²) in [5.41, 5.74) is 2.53. The number of benzene rings is 2. The molecule has 0 amide bonds. The highest BCUT2D eigenvalue weighted by atomic mass is 35.5. The molecule has 0 fully saturated rings. The first-order chi connectivity index (χ1) is 15.3. The molecule has 0 saturated carbocycles. The average Bonchev–Trinajstić information content (AvgIpc) is 3.14. The van der Waals surface area contributed by atoms with Crippen LogP contribution in [0.15, 0.2) is 42.6 Å². The van der Waals surface area contributed by atoms with Crippen molar-refractivity contribution in [1.29, 1.82) is 0 Å². The quantitative estimate of drug-likeness (QED) is 0.209. The Hall–Kier alpha value is -2.90. The zero-order chi connectivity index (χ0) is 23.1. The number of aromatic amines is 1. The predicted molar refractivity (Wildman–Crippen MR) is 131 cm³/mol. The Bertz CT molecular complexity index is 1100. The molecule has 1 aromatic heterocycles. The first-order valence-electron chi connectivity index (χ1n) is 11.0. The number of fused-ring (bicyclic) bond motifs is 1. The maximum absolute atomic E-state index is 12.6. The number of hydrogen-bond donors (Lipinski definition) is 1. The Morgan fingerprint density at radius 1 is 1.09 bits per heavy atom. The van der Waals surface area contributed by atoms with Crippen LogP contribution in [0.5, 0.6) is 5.75 Å². The molecule has 4 nitrogen and oxygen atoms in total. The Balaban J connectivity index is 1.70. The summed E-state index contributed by atoms with van der Waals surface area (Å²) in [5.74, 6) is 3.13. The Labute approximate surface area is 195 Å². The van der Waals surface area contributed by atoms with Crippen molar-refractivity contribution in [2.45, 2.75) is 58.5 Å². The van der Waals surface area contributed by atoms with E-state index in [1.54, 1.807) is 6.20 Å². The molecule has 0 radical (unpaired) electrons. The minimum Gasteiger partial charge on any atom is -0.494 e. The van der Waals surface area contributed by atoms with Crippen molar-refractivity contribution >= 4 is 28.5 Å². The molecule has 168 valence electrons. The normalized spacial score (nSPS) is 11.3. The zero-order valence-electron chi connectivity index (χ0n) is 19.0. The van der Waals surface area contributed by atoms with E-state index >= 15 is 0 Å². The van der Waals surface area contributed by atoms with Gasteiger partial charge in [0.2, 0.25) is 0 Å². The SMILES string of the molecule is C#CCCCCCCOc1ccc(-c2cc3c(C(=O)OC(C)(C)C)c[nH]c3cc2Cl)cc1. The van der Waals surface area contributed by atoms with E-state index in [1.807, 2.05) is 57.2 Å². The number of ether oxygens (including phenoxy) is 2. The van der Waals surface area contributed by atoms with Gasteiger partial charge in [-0.1, -0.05) is 36.6 Å². The van der Waals surface area contributed by atoms with Gasteiger partial charge in [-0.25, -0.2) is 4.79 Å². The first kappa shape index (κ1) is 23.8. The minimum absolute atomic E-state index is 0.361. The standard InChI is InChI=1S/C27H30ClNO3/c1-5-6-7-8-9-10-15-31-20-13-11-19(12-14-20)21-16-22-23(26(30)32-27(2,3)4)18-29-25(22)17-24(21)28/h1,11-14,16-18,29H,6-10,15H2,2-4H3. The number of carbonyl (C=O) groups is 1. The van der Waals surface area contributed by atoms with Crippen molar-refractivity contribution in [3.63, 3.8) is 0 Å². The van der Waals surface area contributed by atoms with E-state index in [2.05, 4.69) is 10.9 Å². The molecule has 32 heavy (non-hydrogen) atoms. The van der Waals surface area contributed by atoms with E-state index in [1.165, 1.54) is 0 Å². The summed E-state index contributed by atoms with van der Waals surface area (Å²) in [6.45, 7) is 6.24. The number of aromatic nitrogens is 1. The summed E-state index contributed by atoms with van der Waals surface area (Å²) in [4.78, 5) is 15.7. The van der Waals surface area contributed by atoms with Crippen LogP contribution in [0.25, 0.3) is 22.0 Å². The molecule has 0 aliphatic heterocycles. The second kappa shape index (κ2) is 10.6. The highest BCUT2D eigenvalue weighted by Gasteiger charge is 2.21. The minimum atomic E-state index is -0.562. The Morgan fingerprint density at radius 2 is 1.81 bits per heavy atom. The molecule has 1 N–H and O–H groups in total. The third-order valence-electron chi connectivity index (χ3n) is 5.04. The number of terminal acetylenes is 1. The van der Waals surface area contributed by atoms with Crippen LogP contribution >= 0.6 is 11.6 Å². The van der Waals surface area contributed by atoms with Crippen molar-refractivity contribution in [2.75, 3.05) is 6.61 Å². The third-order valence-corrected chi connectivity index (χ3v) is 5.35. The lowest BCUT2D eigenvalue weighted by Gasteiger charge is -2.19. The molecule has 3 aromatic rings. The molecule has 0 saturated heterocycles. The summed E-state index contributed by atoms with van der Waals surface area (Å²) < 4.78 is 11.4. The highest BCUT2D eigenvalue weighted by molar-refractivity contribution is 6.34. The number of esters is 1. The van der Waals surface area contributed by atoms with Gasteiger partial charge in [-0.3, -0.25) is 0 Å². The van der Waals surface area contributed by atoms with E-state index in [4.69, 9.17) is 27.5 Å². The fourth-order valence-corrected chi connectivity index (χ4v) is 3.74. The predicted octanol–water partition coefficient (Wildman–Crippen LogP) is 7.41. The molecule has 0 aliphatic rings. The largest absolute Gasteiger partial charge is 0.494 e. The molecule has 0 atom stereocenters. The van der Waals surface area contributed by atoms with Crippen molar-refractivity contribution in [1.82, 2.24) is 4.98 Å². The molecule has 3 rings (SSSR count). The topological polar surface area (TPSA) is 51.3 Å². The van der Waals surface area contributed by atoms with Gasteiger partial charge in [0.05, 0.1) is 17.2 Å². The van der Waals surface area contributed by atoms with Crippen LogP contribution in [0.3, 0.4) is 0 Å². The van der Waals surface area contributed by atoms with Crippen molar-refractivity contribution < 1.29 is 14.3 Å². The smallest absolute Gasteiger partial charge is 0.340 e. The van der Waals surface area contributed by atoms with Crippen molar-refractivity contribution in [3.05, 3.63) is 53.2 Å². The summed E-state index contributed by atoms with van der Waals surface area (Å²) in [6.07, 6.45) is 12.1. The van der Waals surface area contributed by atoms with Gasteiger partial charge in [-0.15, -0.1) is 12.3 Å². The van der Waals surface area contributed by atoms with Crippen LogP contribution < -0.4 is 4.74 Å². The van der Waals surface area contributed by atoms with Gasteiger partial charge in [0.15, 0.2) is 0 Å². The molecule has 1 heterocycles. The average molecular weight is 452 g/mol. The molecule has 0 bridgehead atoms. The number of H-pyrrole nitrogens is 1. The van der Waals surface area contributed by atoms with Crippen molar-refractivity contribution in [2.24, 2.45) is 0 Å². The summed E-state index contributed by atoms with van der Waals surface area (Å²) in [6, 6.07) is 11.6. The van der Waals surface area contributed by atoms with Gasteiger partial charge >= 0.3 is 5.97 Å². The number of unbranched alkanes of at least 4 members (excludes halogenated alkanes) is 4. The third kappa shape index (κ3) is 6.31. The number of hydrogen-bond acceptors (Lipinski definition) is 3. The Morgan fingerprint density at radius 3 is 2.50 bits per heavy atom. The summed E-state index contributed by atoms with van der Waals surface area (Å²) >= 11 is 6.55. The highest BCUT2D eigenvalue weighted by Crippen LogP contribution is 2.34. The fraction of sp³-hybridized carbons (Fsp3) is 0.370. The van der Waals surface area contributed by atoms with Gasteiger partial charge in [0, 0.05) is 29.1 Å². The van der Waals surface area contributed by atoms with Crippen LogP contribution in [0, 0.1) is 12.3 Å². The lowest BCUT2D eigenvalue weighted by atomic mass is 10.0. The Kier molecular flexibility index (Phi) is 7.88. The monoisotopic (exact) mass is 451 g/mol. The number of nitrogens with one attached hydrogen (secondary N) is 1. The summed E-state index contributed by atoms with van der Waals surface area (Å²) in [7, 11) is 0. The molecule has 5 heteroatoms. The second-order valence-corrected chi connectivity index (χ2v) is 9.23. The lowest BCUT2D eigenvalue weighted by molar-refractivity contribution is 0.00719. The molecule has 0 spiro atoms. The second-order valence-electron chi connectivity index (χ2n) is 8.82. The number of carbonyl (C=O) groups excluding carboxylic acids is 1. The van der Waals surface area contributed by atoms with Gasteiger partial charge in [0.1, 0.15) is 11.4 Å². The van der Waals surface area contributed by atoms with Gasteiger partial charge in [0.25, 0.3) is 0 Å². The first-order valence-corrected chi connectivity index (χ1v) is 11.4. The van der Waals surface area contributed by atoms with Crippen LogP contribution in [-0.4, -0.2) is 23.2 Å². The fourth-order valence-electron chi connectivity index (χ4n) is 3.47. The van der Waals surface area contributed by atoms with Crippen molar-refractivity contribution in [3.8, 4) is 29.2 Å². The van der Waals surface area contributed by atoms with Gasteiger partial charge < -0.3 is 14.5 Å². The van der Waals surface area contributed by atoms with Crippen LogP contribution in [0.1, 0.15) is 63.2 Å². The number of rotatable bonds is 9. The van der Waals surface area contributed by atoms with Gasteiger partial charge in [-0.05, 0) is 63.4 Å². The zero-order valence-corrected chi connectivity index (χ0v) is 19.7. The van der Waals surface area contributed by atoms with E-state index in [0.29, 0.717) is 17.2 Å². The molecule has 0 aliphatic carbocycles. The lowest BCUT2D eigenvalue weighted by Crippen LogP contribution is -2.23. The molecule has 0 unspecified atom stereocenters. The van der Waals surface area contributed by atoms with E-state index in [0.717, 1.165) is 59.9 Å². The molecular formula is C27H30ClNO3.